The second kappa shape index (κ2) is 16.7. The van der Waals surface area contributed by atoms with E-state index in [-0.39, 0.29) is 0 Å². The number of fused-ring (bicyclic) bond motifs is 12. The molecule has 0 atom stereocenters. The molecule has 1 aliphatic rings. The van der Waals surface area contributed by atoms with Crippen LogP contribution in [0.15, 0.2) is 247 Å². The third-order valence-corrected chi connectivity index (χ3v) is 15.7. The van der Waals surface area contributed by atoms with E-state index < -0.39 is 0 Å². The minimum absolute atomic E-state index is 0.806. The molecular formula is C70H45N5O. The molecule has 0 fully saturated rings. The molecule has 1 aliphatic carbocycles. The summed E-state index contributed by atoms with van der Waals surface area (Å²) in [6, 6.07) is 85.1. The largest absolute Gasteiger partial charge is 0.456 e. The zero-order valence-electron chi connectivity index (χ0n) is 41.2. The predicted molar refractivity (Wildman–Crippen MR) is 314 cm³/mol. The van der Waals surface area contributed by atoms with Gasteiger partial charge in [-0.15, -0.1) is 0 Å². The number of nitrogens with zero attached hydrogens (tertiary/aromatic N) is 5. The van der Waals surface area contributed by atoms with E-state index in [2.05, 4.69) is 256 Å². The van der Waals surface area contributed by atoms with Gasteiger partial charge in [0, 0.05) is 65.7 Å². The molecule has 6 nitrogen and oxygen atoms in total. The first kappa shape index (κ1) is 42.5. The third-order valence-electron chi connectivity index (χ3n) is 15.7. The maximum absolute atomic E-state index is 6.60. The lowest BCUT2D eigenvalue weighted by Gasteiger charge is -2.27. The van der Waals surface area contributed by atoms with Crippen molar-refractivity contribution in [3.05, 3.63) is 254 Å². The summed E-state index contributed by atoms with van der Waals surface area (Å²) in [5.41, 5.74) is 18.4. The average Bonchev–Trinajstić information content (AvgIpc) is 4.25. The molecule has 16 rings (SSSR count). The van der Waals surface area contributed by atoms with Gasteiger partial charge in [-0.1, -0.05) is 182 Å². The number of hydrogen-bond donors (Lipinski definition) is 0. The molecule has 0 aliphatic heterocycles. The number of rotatable bonds is 7. The molecule has 15 aromatic rings. The highest BCUT2D eigenvalue weighted by Gasteiger charge is 2.33. The molecule has 6 heteroatoms. The van der Waals surface area contributed by atoms with Crippen molar-refractivity contribution in [2.75, 3.05) is 0 Å². The number of allylic oxidation sites excluding steroid dienone is 1. The van der Waals surface area contributed by atoms with Gasteiger partial charge in [0.2, 0.25) is 0 Å². The van der Waals surface area contributed by atoms with Crippen LogP contribution in [0, 0.1) is 0 Å². The number of aromatic nitrogens is 5. The van der Waals surface area contributed by atoms with Crippen LogP contribution in [0.4, 0.5) is 0 Å². The molecule has 0 amide bonds. The first-order chi connectivity index (χ1) is 37.7. The second-order valence-electron chi connectivity index (χ2n) is 19.9. The van der Waals surface area contributed by atoms with Gasteiger partial charge < -0.3 is 8.98 Å². The first-order valence-electron chi connectivity index (χ1n) is 26.1. The summed E-state index contributed by atoms with van der Waals surface area (Å²) >= 11 is 0. The highest BCUT2D eigenvalue weighted by Crippen LogP contribution is 2.50. The normalized spacial score (nSPS) is 12.6. The maximum Gasteiger partial charge on any atom is 0.165 e. The van der Waals surface area contributed by atoms with E-state index in [0.717, 1.165) is 152 Å². The van der Waals surface area contributed by atoms with E-state index in [1.54, 1.807) is 0 Å². The highest BCUT2D eigenvalue weighted by atomic mass is 16.3. The van der Waals surface area contributed by atoms with E-state index in [1.807, 2.05) is 6.07 Å². The minimum atomic E-state index is 0.806. The third kappa shape index (κ3) is 6.34. The summed E-state index contributed by atoms with van der Waals surface area (Å²) in [7, 11) is 0. The molecule has 0 radical (unpaired) electrons. The molecule has 0 unspecified atom stereocenters. The molecule has 0 bridgehead atoms. The van der Waals surface area contributed by atoms with Gasteiger partial charge in [-0.25, -0.2) is 9.97 Å². The van der Waals surface area contributed by atoms with Gasteiger partial charge in [-0.3, -0.25) is 9.13 Å². The number of aryl methyl sites for hydroxylation is 1. The Balaban J connectivity index is 1.20. The van der Waals surface area contributed by atoms with E-state index in [9.17, 15) is 0 Å². The standard InChI is InChI=1S/C70H45N5O/c1-3-21-44(22-4-1)56-42-47(43-57(71-56)45-23-5-2-6-24-45)66-67(46-39-40-65-55(41-46)54-31-13-20-38-64(54)76-65)69(74-60-34-16-9-27-50(60)51-28-10-17-35-61(51)74)72-70(75-62-36-18-11-29-52(62)53-30-12-19-37-63(53)75)68(66)73-58-32-14-7-25-48(58)49-26-8-15-33-59(49)73/h1-7,9-25,27-43H,8,26H2. The fourth-order valence-corrected chi connectivity index (χ4v) is 12.4. The molecule has 6 aromatic heterocycles. The zero-order valence-corrected chi connectivity index (χ0v) is 41.2. The smallest absolute Gasteiger partial charge is 0.165 e. The van der Waals surface area contributed by atoms with Crippen LogP contribution in [0.5, 0.6) is 0 Å². The lowest BCUT2D eigenvalue weighted by Crippen LogP contribution is -2.14. The van der Waals surface area contributed by atoms with Crippen LogP contribution in [0.1, 0.15) is 17.7 Å². The van der Waals surface area contributed by atoms with E-state index in [1.165, 1.54) is 10.9 Å². The van der Waals surface area contributed by atoms with Crippen LogP contribution in [0.3, 0.4) is 0 Å². The maximum atomic E-state index is 6.60. The Hall–Kier alpha value is -10.0. The molecule has 356 valence electrons. The molecule has 0 saturated heterocycles. The molecule has 76 heavy (non-hydrogen) atoms. The molecule has 9 aromatic carbocycles. The fourth-order valence-electron chi connectivity index (χ4n) is 12.4. The van der Waals surface area contributed by atoms with E-state index >= 15 is 0 Å². The molecular weight excluding hydrogens is 927 g/mol. The second-order valence-corrected chi connectivity index (χ2v) is 19.9. The Bertz CT molecular complexity index is 4710. The summed E-state index contributed by atoms with van der Waals surface area (Å²) in [6.45, 7) is 0. The van der Waals surface area contributed by atoms with Crippen molar-refractivity contribution in [3.63, 3.8) is 0 Å². The van der Waals surface area contributed by atoms with Crippen molar-refractivity contribution >= 4 is 82.5 Å². The molecule has 0 spiro atoms. The van der Waals surface area contributed by atoms with Gasteiger partial charge in [-0.05, 0) is 96.3 Å². The Kier molecular flexibility index (Phi) is 9.36. The topological polar surface area (TPSA) is 53.7 Å². The quantitative estimate of drug-likeness (QED) is 0.160. The summed E-state index contributed by atoms with van der Waals surface area (Å²) < 4.78 is 14.0. The van der Waals surface area contributed by atoms with Crippen molar-refractivity contribution in [2.24, 2.45) is 0 Å². The van der Waals surface area contributed by atoms with Gasteiger partial charge >= 0.3 is 0 Å². The van der Waals surface area contributed by atoms with Crippen LogP contribution in [-0.2, 0) is 6.42 Å². The fraction of sp³-hybridized carbons (Fsp3) is 0.0286. The van der Waals surface area contributed by atoms with E-state index in [0.29, 0.717) is 0 Å². The molecule has 0 saturated carbocycles. The van der Waals surface area contributed by atoms with Gasteiger partial charge in [0.05, 0.1) is 44.7 Å². The molecule has 0 N–H and O–H groups in total. The Morgan fingerprint density at radius 3 is 1.39 bits per heavy atom. The average molecular weight is 972 g/mol. The van der Waals surface area contributed by atoms with Crippen LogP contribution >= 0.6 is 0 Å². The Labute approximate surface area is 437 Å². The van der Waals surface area contributed by atoms with E-state index in [4.69, 9.17) is 14.4 Å². The highest BCUT2D eigenvalue weighted by molar-refractivity contribution is 6.14. The SMILES string of the molecule is C1=Cc2c(c3ccccc3n2-c2c(-n3c4ccccc4c4ccccc43)nc(-n3c4ccccc4c4ccccc43)c(-c3ccc4oc5ccccc5c4c3)c2-c2cc(-c3ccccc3)nc(-c3ccccc3)c2)CC1. The zero-order chi connectivity index (χ0) is 49.8. The summed E-state index contributed by atoms with van der Waals surface area (Å²) in [5.74, 6) is 1.62. The number of para-hydroxylation sites is 6. The lowest BCUT2D eigenvalue weighted by atomic mass is 9.90. The van der Waals surface area contributed by atoms with Crippen LogP contribution in [0.2, 0.25) is 0 Å². The van der Waals surface area contributed by atoms with Gasteiger partial charge in [-0.2, -0.15) is 0 Å². The summed E-state index contributed by atoms with van der Waals surface area (Å²) in [6.07, 6.45) is 6.58. The van der Waals surface area contributed by atoms with Crippen molar-refractivity contribution < 1.29 is 4.42 Å². The van der Waals surface area contributed by atoms with Crippen molar-refractivity contribution in [2.45, 2.75) is 12.8 Å². The van der Waals surface area contributed by atoms with Gasteiger partial charge in [0.15, 0.2) is 5.82 Å². The predicted octanol–water partition coefficient (Wildman–Crippen LogP) is 18.1. The lowest BCUT2D eigenvalue weighted by molar-refractivity contribution is 0.669. The van der Waals surface area contributed by atoms with Crippen molar-refractivity contribution in [3.8, 4) is 62.1 Å². The van der Waals surface area contributed by atoms with Gasteiger partial charge in [0.25, 0.3) is 0 Å². The summed E-state index contributed by atoms with van der Waals surface area (Å²) in [5, 5.41) is 7.97. The number of furan rings is 1. The van der Waals surface area contributed by atoms with Crippen LogP contribution in [-0.4, -0.2) is 23.7 Å². The van der Waals surface area contributed by atoms with Crippen LogP contribution < -0.4 is 0 Å². The Morgan fingerprint density at radius 2 is 0.816 bits per heavy atom. The minimum Gasteiger partial charge on any atom is -0.456 e. The monoisotopic (exact) mass is 971 g/mol. The first-order valence-corrected chi connectivity index (χ1v) is 26.1. The molecule has 6 heterocycles. The number of hydrogen-bond acceptors (Lipinski definition) is 3. The Morgan fingerprint density at radius 1 is 0.342 bits per heavy atom. The number of benzene rings is 9. The van der Waals surface area contributed by atoms with Crippen LogP contribution in [0.25, 0.3) is 145 Å². The van der Waals surface area contributed by atoms with Crippen molar-refractivity contribution in [1.29, 1.82) is 0 Å². The van der Waals surface area contributed by atoms with Crippen molar-refractivity contribution in [1.82, 2.24) is 23.7 Å². The number of pyridine rings is 2. The summed E-state index contributed by atoms with van der Waals surface area (Å²) in [4.78, 5) is 11.9. The van der Waals surface area contributed by atoms with Gasteiger partial charge in [0.1, 0.15) is 17.0 Å².